The molecule has 2 rings (SSSR count). The van der Waals surface area contributed by atoms with E-state index in [-0.39, 0.29) is 11.8 Å². The molecule has 1 heterocycles. The number of hydrogen-bond donors (Lipinski definition) is 1. The molecule has 1 saturated heterocycles. The zero-order valence-corrected chi connectivity index (χ0v) is 12.1. The van der Waals surface area contributed by atoms with Crippen LogP contribution in [0.2, 0.25) is 0 Å². The number of carbonyl (C=O) groups excluding carboxylic acids is 1. The number of nitrogens with one attached hydrogen (secondary N) is 1. The molecule has 104 valence electrons. The van der Waals surface area contributed by atoms with Gasteiger partial charge in [0.1, 0.15) is 0 Å². The molecule has 2 unspecified atom stereocenters. The van der Waals surface area contributed by atoms with Crippen molar-refractivity contribution in [1.29, 1.82) is 0 Å². The van der Waals surface area contributed by atoms with Crippen LogP contribution in [0.3, 0.4) is 0 Å². The molecule has 19 heavy (non-hydrogen) atoms. The van der Waals surface area contributed by atoms with Crippen molar-refractivity contribution in [2.75, 3.05) is 26.7 Å². The fourth-order valence-electron chi connectivity index (χ4n) is 2.49. The summed E-state index contributed by atoms with van der Waals surface area (Å²) in [7, 11) is 2.06. The smallest absolute Gasteiger partial charge is 0.181 e. The fourth-order valence-corrected chi connectivity index (χ4v) is 2.49. The molecular weight excluding hydrogens is 236 g/mol. The summed E-state index contributed by atoms with van der Waals surface area (Å²) in [5.41, 5.74) is 2.13. The number of benzene rings is 1. The number of piperazine rings is 1. The monoisotopic (exact) mass is 260 g/mol. The molecule has 1 N–H and O–H groups in total. The minimum Gasteiger partial charge on any atom is -0.305 e. The lowest BCUT2D eigenvalue weighted by atomic mass is 9.95. The Morgan fingerprint density at radius 3 is 2.68 bits per heavy atom. The first-order chi connectivity index (χ1) is 9.11. The van der Waals surface area contributed by atoms with Crippen molar-refractivity contribution in [3.8, 4) is 0 Å². The number of rotatable bonds is 4. The van der Waals surface area contributed by atoms with Gasteiger partial charge in [-0.15, -0.1) is 0 Å². The average Bonchev–Trinajstić information content (AvgIpc) is 2.46. The number of hydrogen-bond acceptors (Lipinski definition) is 3. The fraction of sp³-hybridized carbons (Fsp3) is 0.562. The van der Waals surface area contributed by atoms with Gasteiger partial charge in [0.25, 0.3) is 0 Å². The number of carbonyl (C=O) groups is 1. The van der Waals surface area contributed by atoms with Crippen LogP contribution in [0.15, 0.2) is 24.3 Å². The Labute approximate surface area is 116 Å². The van der Waals surface area contributed by atoms with Gasteiger partial charge in [-0.05, 0) is 24.9 Å². The van der Waals surface area contributed by atoms with Crippen LogP contribution in [-0.2, 0) is 0 Å². The van der Waals surface area contributed by atoms with Gasteiger partial charge >= 0.3 is 0 Å². The SMILES string of the molecule is CCC(C)c1ccc(C(=O)C2CN(C)CCN2)cc1. The normalized spacial score (nSPS) is 22.2. The van der Waals surface area contributed by atoms with E-state index in [9.17, 15) is 4.79 Å². The van der Waals surface area contributed by atoms with E-state index in [1.54, 1.807) is 0 Å². The van der Waals surface area contributed by atoms with Crippen LogP contribution in [0.25, 0.3) is 0 Å². The molecule has 0 amide bonds. The standard InChI is InChI=1S/C16H24N2O/c1-4-12(2)13-5-7-14(8-6-13)16(19)15-11-18(3)10-9-17-15/h5-8,12,15,17H,4,9-11H2,1-3H3. The molecule has 0 aliphatic carbocycles. The largest absolute Gasteiger partial charge is 0.305 e. The highest BCUT2D eigenvalue weighted by Crippen LogP contribution is 2.19. The zero-order chi connectivity index (χ0) is 13.8. The Bertz CT molecular complexity index is 427. The molecule has 0 bridgehead atoms. The van der Waals surface area contributed by atoms with Gasteiger partial charge in [0, 0.05) is 25.2 Å². The van der Waals surface area contributed by atoms with Gasteiger partial charge in [0.05, 0.1) is 6.04 Å². The number of nitrogens with zero attached hydrogens (tertiary/aromatic N) is 1. The van der Waals surface area contributed by atoms with Gasteiger partial charge in [-0.1, -0.05) is 38.1 Å². The maximum atomic E-state index is 12.4. The van der Waals surface area contributed by atoms with Crippen LogP contribution < -0.4 is 5.32 Å². The molecule has 3 heteroatoms. The van der Waals surface area contributed by atoms with E-state index in [0.29, 0.717) is 5.92 Å². The minimum absolute atomic E-state index is 0.0619. The molecule has 0 saturated carbocycles. The molecule has 3 nitrogen and oxygen atoms in total. The van der Waals surface area contributed by atoms with Gasteiger partial charge in [0.2, 0.25) is 0 Å². The third-order valence-electron chi connectivity index (χ3n) is 4.07. The highest BCUT2D eigenvalue weighted by molar-refractivity contribution is 6.00. The van der Waals surface area contributed by atoms with Crippen molar-refractivity contribution < 1.29 is 4.79 Å². The topological polar surface area (TPSA) is 32.3 Å². The molecule has 0 radical (unpaired) electrons. The third kappa shape index (κ3) is 3.43. The molecule has 1 fully saturated rings. The van der Waals surface area contributed by atoms with Crippen molar-refractivity contribution >= 4 is 5.78 Å². The van der Waals surface area contributed by atoms with Gasteiger partial charge in [0.15, 0.2) is 5.78 Å². The highest BCUT2D eigenvalue weighted by Gasteiger charge is 2.24. The van der Waals surface area contributed by atoms with E-state index in [4.69, 9.17) is 0 Å². The van der Waals surface area contributed by atoms with Crippen LogP contribution >= 0.6 is 0 Å². The summed E-state index contributed by atoms with van der Waals surface area (Å²) in [6, 6.07) is 8.07. The molecular formula is C16H24N2O. The second-order valence-corrected chi connectivity index (χ2v) is 5.56. The summed E-state index contributed by atoms with van der Waals surface area (Å²) < 4.78 is 0. The van der Waals surface area contributed by atoms with Crippen LogP contribution in [-0.4, -0.2) is 43.4 Å². The Morgan fingerprint density at radius 2 is 2.11 bits per heavy atom. The van der Waals surface area contributed by atoms with E-state index in [2.05, 4.69) is 43.2 Å². The molecule has 0 spiro atoms. The number of Topliss-reactive ketones (excluding diaryl/α,β-unsaturated/α-hetero) is 1. The number of likely N-dealkylation sites (N-methyl/N-ethyl adjacent to an activating group) is 1. The summed E-state index contributed by atoms with van der Waals surface area (Å²) in [5.74, 6) is 0.769. The van der Waals surface area contributed by atoms with Crippen LogP contribution in [0.1, 0.15) is 42.1 Å². The first-order valence-corrected chi connectivity index (χ1v) is 7.18. The van der Waals surface area contributed by atoms with Crippen molar-refractivity contribution in [2.45, 2.75) is 32.2 Å². The van der Waals surface area contributed by atoms with E-state index in [1.165, 1.54) is 5.56 Å². The Hall–Kier alpha value is -1.19. The quantitative estimate of drug-likeness (QED) is 0.843. The van der Waals surface area contributed by atoms with Crippen molar-refractivity contribution in [2.24, 2.45) is 0 Å². The van der Waals surface area contributed by atoms with E-state index in [0.717, 1.165) is 31.6 Å². The predicted molar refractivity (Wildman–Crippen MR) is 78.8 cm³/mol. The van der Waals surface area contributed by atoms with Crippen LogP contribution in [0, 0.1) is 0 Å². The zero-order valence-electron chi connectivity index (χ0n) is 12.1. The predicted octanol–water partition coefficient (Wildman–Crippen LogP) is 2.29. The summed E-state index contributed by atoms with van der Waals surface area (Å²) in [6.45, 7) is 7.10. The summed E-state index contributed by atoms with van der Waals surface area (Å²) in [6.07, 6.45) is 1.13. The minimum atomic E-state index is -0.0619. The second-order valence-electron chi connectivity index (χ2n) is 5.56. The summed E-state index contributed by atoms with van der Waals surface area (Å²) >= 11 is 0. The van der Waals surface area contributed by atoms with Crippen molar-refractivity contribution in [3.63, 3.8) is 0 Å². The lowest BCUT2D eigenvalue weighted by molar-refractivity contribution is 0.0894. The van der Waals surface area contributed by atoms with Gasteiger partial charge in [-0.25, -0.2) is 0 Å². The maximum absolute atomic E-state index is 12.4. The van der Waals surface area contributed by atoms with Crippen LogP contribution in [0.5, 0.6) is 0 Å². The summed E-state index contributed by atoms with van der Waals surface area (Å²) in [5, 5.41) is 3.31. The summed E-state index contributed by atoms with van der Waals surface area (Å²) in [4.78, 5) is 14.6. The molecule has 0 aromatic heterocycles. The second kappa shape index (κ2) is 6.31. The molecule has 1 aliphatic heterocycles. The van der Waals surface area contributed by atoms with Gasteiger partial charge in [-0.2, -0.15) is 0 Å². The van der Waals surface area contributed by atoms with E-state index >= 15 is 0 Å². The van der Waals surface area contributed by atoms with E-state index < -0.39 is 0 Å². The Morgan fingerprint density at radius 1 is 1.42 bits per heavy atom. The van der Waals surface area contributed by atoms with Gasteiger partial charge < -0.3 is 10.2 Å². The van der Waals surface area contributed by atoms with Crippen LogP contribution in [0.4, 0.5) is 0 Å². The lowest BCUT2D eigenvalue weighted by Gasteiger charge is -2.30. The van der Waals surface area contributed by atoms with E-state index in [1.807, 2.05) is 12.1 Å². The lowest BCUT2D eigenvalue weighted by Crippen LogP contribution is -2.52. The number of ketones is 1. The molecule has 1 aliphatic rings. The van der Waals surface area contributed by atoms with Crippen molar-refractivity contribution in [3.05, 3.63) is 35.4 Å². The molecule has 2 atom stereocenters. The average molecular weight is 260 g/mol. The molecule has 1 aromatic rings. The Kier molecular flexibility index (Phi) is 4.72. The van der Waals surface area contributed by atoms with Gasteiger partial charge in [-0.3, -0.25) is 4.79 Å². The molecule has 1 aromatic carbocycles. The third-order valence-corrected chi connectivity index (χ3v) is 4.07. The first kappa shape index (κ1) is 14.2. The maximum Gasteiger partial charge on any atom is 0.181 e. The van der Waals surface area contributed by atoms with Crippen molar-refractivity contribution in [1.82, 2.24) is 10.2 Å². The Balaban J connectivity index is 2.07. The first-order valence-electron chi connectivity index (χ1n) is 7.18. The highest BCUT2D eigenvalue weighted by atomic mass is 16.1.